The summed E-state index contributed by atoms with van der Waals surface area (Å²) in [6.07, 6.45) is 0.952. The third kappa shape index (κ3) is 4.64. The third-order valence-corrected chi connectivity index (χ3v) is 4.77. The van der Waals surface area contributed by atoms with E-state index in [1.165, 1.54) is 10.4 Å². The number of benzene rings is 1. The summed E-state index contributed by atoms with van der Waals surface area (Å²) in [6.45, 7) is 2.57. The fourth-order valence-electron chi connectivity index (χ4n) is 1.80. The number of aliphatic hydroxyl groups excluding tert-OH is 1. The molecule has 0 aliphatic heterocycles. The van der Waals surface area contributed by atoms with Crippen molar-refractivity contribution < 1.29 is 9.84 Å². The average Bonchev–Trinajstić information content (AvgIpc) is 2.75. The molecular weight excluding hydrogens is 324 g/mol. The first-order valence-corrected chi connectivity index (χ1v) is 7.92. The Morgan fingerprint density at radius 2 is 2.21 bits per heavy atom. The van der Waals surface area contributed by atoms with E-state index in [1.54, 1.807) is 11.3 Å². The summed E-state index contributed by atoms with van der Waals surface area (Å²) in [5.74, 6) is 0.865. The van der Waals surface area contributed by atoms with E-state index < -0.39 is 0 Å². The Morgan fingerprint density at radius 3 is 2.89 bits per heavy atom. The predicted molar refractivity (Wildman–Crippen MR) is 83.0 cm³/mol. The first-order chi connectivity index (χ1) is 9.15. The minimum absolute atomic E-state index is 0.361. The number of halogens is 1. The molecule has 2 aromatic rings. The van der Waals surface area contributed by atoms with Gasteiger partial charge in [-0.3, -0.25) is 0 Å². The van der Waals surface area contributed by atoms with Gasteiger partial charge in [-0.2, -0.15) is 0 Å². The van der Waals surface area contributed by atoms with Crippen LogP contribution in [0.2, 0.25) is 0 Å². The number of hydrogen-bond acceptors (Lipinski definition) is 3. The van der Waals surface area contributed by atoms with Gasteiger partial charge >= 0.3 is 0 Å². The molecule has 1 aromatic carbocycles. The van der Waals surface area contributed by atoms with Crippen LogP contribution in [0.4, 0.5) is 0 Å². The Labute approximate surface area is 126 Å². The van der Waals surface area contributed by atoms with Gasteiger partial charge in [0, 0.05) is 22.2 Å². The van der Waals surface area contributed by atoms with Crippen LogP contribution in [0, 0.1) is 6.92 Å². The zero-order valence-corrected chi connectivity index (χ0v) is 13.2. The minimum Gasteiger partial charge on any atom is -0.493 e. The highest BCUT2D eigenvalue weighted by molar-refractivity contribution is 9.10. The summed E-state index contributed by atoms with van der Waals surface area (Å²) in [5, 5.41) is 12.0. The van der Waals surface area contributed by atoms with Gasteiger partial charge in [-0.15, -0.1) is 11.3 Å². The van der Waals surface area contributed by atoms with Crippen molar-refractivity contribution in [3.05, 3.63) is 50.6 Å². The molecule has 1 N–H and O–H groups in total. The first-order valence-electron chi connectivity index (χ1n) is 6.24. The molecule has 0 radical (unpaired) electrons. The molecule has 1 aromatic heterocycles. The lowest BCUT2D eigenvalue weighted by atomic mass is 10.2. The number of thiophene rings is 1. The van der Waals surface area contributed by atoms with Crippen LogP contribution in [0.25, 0.3) is 0 Å². The van der Waals surface area contributed by atoms with Gasteiger partial charge in [-0.05, 0) is 52.0 Å². The highest BCUT2D eigenvalue weighted by Crippen LogP contribution is 2.24. The fraction of sp³-hybridized carbons (Fsp3) is 0.333. The molecule has 2 nitrogen and oxygen atoms in total. The van der Waals surface area contributed by atoms with E-state index in [-0.39, 0.29) is 6.10 Å². The summed E-state index contributed by atoms with van der Waals surface area (Å²) in [4.78, 5) is 1.18. The minimum atomic E-state index is -0.361. The van der Waals surface area contributed by atoms with Gasteiger partial charge in [0.25, 0.3) is 0 Å². The van der Waals surface area contributed by atoms with Crippen LogP contribution in [0.1, 0.15) is 16.9 Å². The second-order valence-corrected chi connectivity index (χ2v) is 6.36. The number of aliphatic hydroxyl groups is 1. The Balaban J connectivity index is 1.75. The second-order valence-electron chi connectivity index (χ2n) is 4.50. The van der Waals surface area contributed by atoms with Crippen molar-refractivity contribution in [2.24, 2.45) is 0 Å². The highest BCUT2D eigenvalue weighted by Gasteiger charge is 2.09. The molecule has 0 bridgehead atoms. The molecule has 4 heteroatoms. The number of aryl methyl sites for hydroxylation is 1. The van der Waals surface area contributed by atoms with E-state index in [0.717, 1.165) is 10.2 Å². The Bertz CT molecular complexity index is 524. The maximum atomic E-state index is 9.98. The second kappa shape index (κ2) is 7.08. The van der Waals surface area contributed by atoms with Crippen molar-refractivity contribution in [1.82, 2.24) is 0 Å². The highest BCUT2D eigenvalue weighted by atomic mass is 79.9. The van der Waals surface area contributed by atoms with Crippen LogP contribution < -0.4 is 4.74 Å². The maximum absolute atomic E-state index is 9.98. The molecule has 1 heterocycles. The monoisotopic (exact) mass is 340 g/mol. The number of ether oxygens (including phenoxy) is 1. The first kappa shape index (κ1) is 14.6. The molecule has 0 aliphatic rings. The average molecular weight is 341 g/mol. The molecule has 1 atom stereocenters. The standard InChI is InChI=1S/C15H17BrO2S/c1-11-3-2-4-13(9-11)18-7-5-12(17)10-15-14(16)6-8-19-15/h2-4,6,8-9,12,17H,5,7,10H2,1H3. The normalized spacial score (nSPS) is 12.4. The predicted octanol–water partition coefficient (Wildman–Crippen LogP) is 4.19. The lowest BCUT2D eigenvalue weighted by Gasteiger charge is -2.11. The molecule has 0 aliphatic carbocycles. The number of rotatable bonds is 6. The zero-order chi connectivity index (χ0) is 13.7. The van der Waals surface area contributed by atoms with Crippen molar-refractivity contribution in [2.75, 3.05) is 6.61 Å². The van der Waals surface area contributed by atoms with E-state index in [0.29, 0.717) is 19.4 Å². The van der Waals surface area contributed by atoms with Crippen molar-refractivity contribution in [1.29, 1.82) is 0 Å². The fourth-order valence-corrected chi connectivity index (χ4v) is 3.39. The van der Waals surface area contributed by atoms with Gasteiger partial charge in [0.1, 0.15) is 5.75 Å². The van der Waals surface area contributed by atoms with Crippen LogP contribution in [-0.2, 0) is 6.42 Å². The lowest BCUT2D eigenvalue weighted by molar-refractivity contribution is 0.140. The summed E-state index contributed by atoms with van der Waals surface area (Å²) in [5.41, 5.74) is 1.18. The SMILES string of the molecule is Cc1cccc(OCCC(O)Cc2sccc2Br)c1. The number of hydrogen-bond donors (Lipinski definition) is 1. The molecule has 19 heavy (non-hydrogen) atoms. The largest absolute Gasteiger partial charge is 0.493 e. The van der Waals surface area contributed by atoms with Gasteiger partial charge in [0.15, 0.2) is 0 Å². The van der Waals surface area contributed by atoms with Crippen LogP contribution >= 0.6 is 27.3 Å². The van der Waals surface area contributed by atoms with E-state index in [4.69, 9.17) is 4.74 Å². The molecule has 2 rings (SSSR count). The molecule has 0 amide bonds. The molecule has 0 saturated carbocycles. The van der Waals surface area contributed by atoms with E-state index in [2.05, 4.69) is 15.9 Å². The van der Waals surface area contributed by atoms with Gasteiger partial charge < -0.3 is 9.84 Å². The van der Waals surface area contributed by atoms with Crippen LogP contribution in [-0.4, -0.2) is 17.8 Å². The summed E-state index contributed by atoms with van der Waals surface area (Å²) >= 11 is 5.14. The maximum Gasteiger partial charge on any atom is 0.119 e. The quantitative estimate of drug-likeness (QED) is 0.854. The Morgan fingerprint density at radius 1 is 1.37 bits per heavy atom. The molecule has 0 saturated heterocycles. The third-order valence-electron chi connectivity index (χ3n) is 2.82. The van der Waals surface area contributed by atoms with Crippen LogP contribution in [0.15, 0.2) is 40.2 Å². The van der Waals surface area contributed by atoms with Gasteiger partial charge in [0.2, 0.25) is 0 Å². The van der Waals surface area contributed by atoms with Crippen LogP contribution in [0.3, 0.4) is 0 Å². The molecule has 102 valence electrons. The van der Waals surface area contributed by atoms with E-state index >= 15 is 0 Å². The Hall–Kier alpha value is -0.840. The van der Waals surface area contributed by atoms with E-state index in [1.807, 2.05) is 42.6 Å². The van der Waals surface area contributed by atoms with E-state index in [9.17, 15) is 5.11 Å². The topological polar surface area (TPSA) is 29.5 Å². The van der Waals surface area contributed by atoms with Gasteiger partial charge in [-0.1, -0.05) is 12.1 Å². The summed E-state index contributed by atoms with van der Waals surface area (Å²) < 4.78 is 6.72. The molecule has 0 spiro atoms. The smallest absolute Gasteiger partial charge is 0.119 e. The van der Waals surface area contributed by atoms with Crippen molar-refractivity contribution >= 4 is 27.3 Å². The van der Waals surface area contributed by atoms with Crippen LogP contribution in [0.5, 0.6) is 5.75 Å². The molecule has 0 fully saturated rings. The zero-order valence-electron chi connectivity index (χ0n) is 10.8. The molecular formula is C15H17BrO2S. The van der Waals surface area contributed by atoms with Crippen molar-refractivity contribution in [2.45, 2.75) is 25.9 Å². The van der Waals surface area contributed by atoms with Gasteiger partial charge in [0.05, 0.1) is 12.7 Å². The van der Waals surface area contributed by atoms with Crippen molar-refractivity contribution in [3.63, 3.8) is 0 Å². The van der Waals surface area contributed by atoms with Crippen molar-refractivity contribution in [3.8, 4) is 5.75 Å². The Kier molecular flexibility index (Phi) is 5.43. The molecule has 1 unspecified atom stereocenters. The summed E-state index contributed by atoms with van der Waals surface area (Å²) in [6, 6.07) is 9.97. The van der Waals surface area contributed by atoms with Gasteiger partial charge in [-0.25, -0.2) is 0 Å². The summed E-state index contributed by atoms with van der Waals surface area (Å²) in [7, 11) is 0. The lowest BCUT2D eigenvalue weighted by Crippen LogP contribution is -2.14.